The highest BCUT2D eigenvalue weighted by molar-refractivity contribution is 5.65. The lowest BCUT2D eigenvalue weighted by molar-refractivity contribution is 0.117. The molecule has 0 unspecified atom stereocenters. The molecule has 146 valence electrons. The van der Waals surface area contributed by atoms with E-state index in [1.165, 1.54) is 0 Å². The Labute approximate surface area is 160 Å². The van der Waals surface area contributed by atoms with Gasteiger partial charge in [-0.05, 0) is 43.5 Å². The Hall–Kier alpha value is -2.57. The Kier molecular flexibility index (Phi) is 8.10. The highest BCUT2D eigenvalue weighted by Gasteiger charge is 2.21. The molecule has 1 amide bonds. The summed E-state index contributed by atoms with van der Waals surface area (Å²) in [6.07, 6.45) is -1.46. The number of aliphatic hydroxyl groups is 1. The number of hydrogen-bond acceptors (Lipinski definition) is 4. The predicted molar refractivity (Wildman–Crippen MR) is 105 cm³/mol. The highest BCUT2D eigenvalue weighted by Crippen LogP contribution is 2.15. The van der Waals surface area contributed by atoms with Crippen LogP contribution in [0.15, 0.2) is 54.6 Å². The van der Waals surface area contributed by atoms with E-state index in [0.717, 1.165) is 16.9 Å². The van der Waals surface area contributed by atoms with Gasteiger partial charge in [-0.15, -0.1) is 0 Å². The van der Waals surface area contributed by atoms with Gasteiger partial charge in [-0.25, -0.2) is 4.79 Å². The molecular weight excluding hydrogens is 344 g/mol. The molecule has 0 saturated carbocycles. The first-order valence-corrected chi connectivity index (χ1v) is 9.12. The van der Waals surface area contributed by atoms with E-state index >= 15 is 0 Å². The highest BCUT2D eigenvalue weighted by atomic mass is 16.5. The van der Waals surface area contributed by atoms with Crippen molar-refractivity contribution in [3.63, 3.8) is 0 Å². The molecule has 2 atom stereocenters. The average molecular weight is 372 g/mol. The van der Waals surface area contributed by atoms with Gasteiger partial charge in [0.25, 0.3) is 0 Å². The molecule has 0 aliphatic heterocycles. The fourth-order valence-electron chi connectivity index (χ4n) is 2.82. The molecule has 2 aromatic rings. The fraction of sp³-hybridized carbons (Fsp3) is 0.381. The molecular formula is C21H28N2O4. The third-order valence-corrected chi connectivity index (χ3v) is 4.02. The number of ether oxygens (including phenoxy) is 1. The minimum Gasteiger partial charge on any atom is -0.491 e. The summed E-state index contributed by atoms with van der Waals surface area (Å²) in [5, 5.41) is 25.1. The lowest BCUT2D eigenvalue weighted by Crippen LogP contribution is -2.48. The number of carbonyl (C=O) groups is 1. The molecule has 6 heteroatoms. The van der Waals surface area contributed by atoms with E-state index in [0.29, 0.717) is 13.0 Å². The first-order valence-electron chi connectivity index (χ1n) is 9.12. The second kappa shape index (κ2) is 10.5. The van der Waals surface area contributed by atoms with Crippen LogP contribution >= 0.6 is 0 Å². The van der Waals surface area contributed by atoms with Crippen LogP contribution in [0.25, 0.3) is 0 Å². The summed E-state index contributed by atoms with van der Waals surface area (Å²) in [5.41, 5.74) is 2.00. The van der Waals surface area contributed by atoms with Crippen LogP contribution in [0.2, 0.25) is 0 Å². The summed E-state index contributed by atoms with van der Waals surface area (Å²) < 4.78 is 5.68. The van der Waals surface area contributed by atoms with Crippen molar-refractivity contribution in [3.05, 3.63) is 65.7 Å². The third-order valence-electron chi connectivity index (χ3n) is 4.02. The quantitative estimate of drug-likeness (QED) is 0.515. The molecule has 0 saturated heterocycles. The van der Waals surface area contributed by atoms with Crippen LogP contribution < -0.4 is 15.4 Å². The zero-order valence-electron chi connectivity index (χ0n) is 15.8. The van der Waals surface area contributed by atoms with Gasteiger partial charge < -0.3 is 25.6 Å². The molecule has 2 aromatic carbocycles. The number of nitrogens with one attached hydrogen (secondary N) is 2. The molecule has 27 heavy (non-hydrogen) atoms. The van der Waals surface area contributed by atoms with Gasteiger partial charge in [-0.1, -0.05) is 42.5 Å². The Morgan fingerprint density at radius 3 is 2.44 bits per heavy atom. The zero-order valence-corrected chi connectivity index (χ0v) is 15.8. The van der Waals surface area contributed by atoms with E-state index in [1.54, 1.807) is 0 Å². The van der Waals surface area contributed by atoms with Crippen LogP contribution in [0.1, 0.15) is 25.0 Å². The predicted octanol–water partition coefficient (Wildman–Crippen LogP) is 2.80. The first kappa shape index (κ1) is 20.7. The maximum absolute atomic E-state index is 11.1. The van der Waals surface area contributed by atoms with Gasteiger partial charge in [0.1, 0.15) is 5.75 Å². The van der Waals surface area contributed by atoms with Crippen molar-refractivity contribution < 1.29 is 19.7 Å². The second-order valence-electron chi connectivity index (χ2n) is 6.76. The molecule has 0 spiro atoms. The lowest BCUT2D eigenvalue weighted by atomic mass is 10.0. The molecule has 6 nitrogen and oxygen atoms in total. The summed E-state index contributed by atoms with van der Waals surface area (Å²) in [7, 11) is 0. The van der Waals surface area contributed by atoms with Crippen molar-refractivity contribution in [1.82, 2.24) is 10.6 Å². The third kappa shape index (κ3) is 7.68. The number of hydrogen-bond donors (Lipinski definition) is 4. The normalized spacial score (nSPS) is 13.2. The summed E-state index contributed by atoms with van der Waals surface area (Å²) in [6.45, 7) is 4.78. The van der Waals surface area contributed by atoms with Crippen molar-refractivity contribution in [2.75, 3.05) is 6.54 Å². The van der Waals surface area contributed by atoms with Crippen LogP contribution in [-0.2, 0) is 13.0 Å². The SMILES string of the molecule is CC(C)Oc1cccc(CNC[C@@H](O)[C@H](Cc2ccccc2)NC(=O)O)c1. The second-order valence-corrected chi connectivity index (χ2v) is 6.76. The molecule has 0 aliphatic carbocycles. The largest absolute Gasteiger partial charge is 0.491 e. The molecule has 0 fully saturated rings. The minimum atomic E-state index is -1.14. The van der Waals surface area contributed by atoms with Gasteiger partial charge in [0, 0.05) is 13.1 Å². The Balaban J connectivity index is 1.89. The summed E-state index contributed by atoms with van der Waals surface area (Å²) >= 11 is 0. The number of aliphatic hydroxyl groups excluding tert-OH is 1. The van der Waals surface area contributed by atoms with Crippen LogP contribution in [0.5, 0.6) is 5.75 Å². The van der Waals surface area contributed by atoms with Crippen molar-refractivity contribution in [2.45, 2.75) is 45.1 Å². The Bertz CT molecular complexity index is 706. The average Bonchev–Trinajstić information content (AvgIpc) is 2.61. The summed E-state index contributed by atoms with van der Waals surface area (Å²) in [5.74, 6) is 0.805. The lowest BCUT2D eigenvalue weighted by Gasteiger charge is -2.23. The van der Waals surface area contributed by atoms with E-state index in [1.807, 2.05) is 68.4 Å². The van der Waals surface area contributed by atoms with Gasteiger partial charge in [0.15, 0.2) is 0 Å². The van der Waals surface area contributed by atoms with Gasteiger partial charge in [0.05, 0.1) is 18.2 Å². The van der Waals surface area contributed by atoms with Crippen LogP contribution in [0.4, 0.5) is 4.79 Å². The van der Waals surface area contributed by atoms with E-state index in [-0.39, 0.29) is 12.6 Å². The number of benzene rings is 2. The van der Waals surface area contributed by atoms with Crippen molar-refractivity contribution in [1.29, 1.82) is 0 Å². The zero-order chi connectivity index (χ0) is 19.6. The monoisotopic (exact) mass is 372 g/mol. The topological polar surface area (TPSA) is 90.8 Å². The standard InChI is InChI=1S/C21H28N2O4/c1-15(2)27-18-10-6-9-17(11-18)13-22-14-20(24)19(23-21(25)26)12-16-7-4-3-5-8-16/h3-11,15,19-20,22-24H,12-14H2,1-2H3,(H,25,26)/t19-,20+/m0/s1. The molecule has 0 heterocycles. The van der Waals surface area contributed by atoms with Crippen LogP contribution in [0.3, 0.4) is 0 Å². The van der Waals surface area contributed by atoms with E-state index in [2.05, 4.69) is 10.6 Å². The Morgan fingerprint density at radius 2 is 1.78 bits per heavy atom. The van der Waals surface area contributed by atoms with Crippen molar-refractivity contribution in [3.8, 4) is 5.75 Å². The van der Waals surface area contributed by atoms with E-state index in [4.69, 9.17) is 9.84 Å². The van der Waals surface area contributed by atoms with Gasteiger partial charge >= 0.3 is 6.09 Å². The number of carboxylic acid groups (broad SMARTS) is 1. The van der Waals surface area contributed by atoms with Gasteiger partial charge in [-0.2, -0.15) is 0 Å². The summed E-state index contributed by atoms with van der Waals surface area (Å²) in [6, 6.07) is 16.7. The first-order chi connectivity index (χ1) is 12.9. The van der Waals surface area contributed by atoms with Gasteiger partial charge in [0.2, 0.25) is 0 Å². The maximum atomic E-state index is 11.1. The Morgan fingerprint density at radius 1 is 1.07 bits per heavy atom. The van der Waals surface area contributed by atoms with Crippen molar-refractivity contribution >= 4 is 6.09 Å². The minimum absolute atomic E-state index is 0.107. The molecule has 2 rings (SSSR count). The van der Waals surface area contributed by atoms with Gasteiger partial charge in [-0.3, -0.25) is 0 Å². The molecule has 0 radical (unpaired) electrons. The van der Waals surface area contributed by atoms with Crippen molar-refractivity contribution in [2.24, 2.45) is 0 Å². The number of amides is 1. The molecule has 0 bridgehead atoms. The van der Waals surface area contributed by atoms with Crippen LogP contribution in [-0.4, -0.2) is 41.1 Å². The summed E-state index contributed by atoms with van der Waals surface area (Å²) in [4.78, 5) is 11.1. The molecule has 0 aromatic heterocycles. The smallest absolute Gasteiger partial charge is 0.404 e. The fourth-order valence-corrected chi connectivity index (χ4v) is 2.82. The van der Waals surface area contributed by atoms with E-state index in [9.17, 15) is 9.90 Å². The maximum Gasteiger partial charge on any atom is 0.404 e. The molecule has 0 aliphatic rings. The van der Waals surface area contributed by atoms with Crippen LogP contribution in [0, 0.1) is 0 Å². The molecule has 4 N–H and O–H groups in total. The number of rotatable bonds is 10. The van der Waals surface area contributed by atoms with E-state index < -0.39 is 18.2 Å².